The fourth-order valence-electron chi connectivity index (χ4n) is 4.73. The van der Waals surface area contributed by atoms with Crippen LogP contribution in [0.1, 0.15) is 52.8 Å². The van der Waals surface area contributed by atoms with Gasteiger partial charge in [-0.25, -0.2) is 28.8 Å². The predicted octanol–water partition coefficient (Wildman–Crippen LogP) is 4.91. The molecule has 1 fully saturated rings. The Morgan fingerprint density at radius 1 is 0.519 bits per heavy atom. The molecule has 3 rings (SSSR count). The molecule has 0 amide bonds. The lowest BCUT2D eigenvalue weighted by molar-refractivity contribution is -0.146. The third kappa shape index (κ3) is 14.2. The highest BCUT2D eigenvalue weighted by Gasteiger charge is 2.25. The minimum absolute atomic E-state index is 0.0254. The SMILES string of the molecule is C=CC(=O)OCOc1ccc(C(=O)OCCC2CCC(OC(=O)c3ccc(OCOC(=O)C=C)c(OCOC(=O)C=C)c3)CC2)cc1OCOC(=O)C=C. The van der Waals surface area contributed by atoms with Gasteiger partial charge in [-0.2, -0.15) is 0 Å². The van der Waals surface area contributed by atoms with E-state index in [4.69, 9.17) is 47.4 Å². The Kier molecular flexibility index (Phi) is 17.3. The summed E-state index contributed by atoms with van der Waals surface area (Å²) in [5.41, 5.74) is 0.278. The fourth-order valence-corrected chi connectivity index (χ4v) is 4.73. The molecule has 0 atom stereocenters. The van der Waals surface area contributed by atoms with E-state index in [1.807, 2.05) is 0 Å². The molecular formula is C38H40O16. The van der Waals surface area contributed by atoms with Gasteiger partial charge in [-0.05, 0) is 74.4 Å². The zero-order valence-corrected chi connectivity index (χ0v) is 29.4. The van der Waals surface area contributed by atoms with E-state index in [0.29, 0.717) is 19.3 Å². The third-order valence-electron chi connectivity index (χ3n) is 7.51. The van der Waals surface area contributed by atoms with Crippen molar-refractivity contribution in [3.05, 3.63) is 98.1 Å². The molecule has 0 radical (unpaired) electrons. The van der Waals surface area contributed by atoms with Crippen LogP contribution in [0.3, 0.4) is 0 Å². The molecule has 16 nitrogen and oxygen atoms in total. The van der Waals surface area contributed by atoms with E-state index in [1.54, 1.807) is 0 Å². The lowest BCUT2D eigenvalue weighted by atomic mass is 9.85. The second kappa shape index (κ2) is 22.4. The average Bonchev–Trinajstić information content (AvgIpc) is 3.18. The van der Waals surface area contributed by atoms with Crippen LogP contribution < -0.4 is 18.9 Å². The summed E-state index contributed by atoms with van der Waals surface area (Å²) >= 11 is 0. The van der Waals surface area contributed by atoms with Crippen LogP contribution in [-0.4, -0.2) is 75.7 Å². The van der Waals surface area contributed by atoms with E-state index in [-0.39, 0.29) is 52.8 Å². The van der Waals surface area contributed by atoms with Crippen molar-refractivity contribution in [2.45, 2.75) is 38.2 Å². The largest absolute Gasteiger partial charge is 0.462 e. The van der Waals surface area contributed by atoms with E-state index in [9.17, 15) is 28.8 Å². The van der Waals surface area contributed by atoms with Crippen LogP contribution in [0.15, 0.2) is 87.0 Å². The average molecular weight is 753 g/mol. The number of esters is 6. The van der Waals surface area contributed by atoms with E-state index >= 15 is 0 Å². The molecule has 0 unspecified atom stereocenters. The summed E-state index contributed by atoms with van der Waals surface area (Å²) in [5, 5.41) is 0. The number of benzene rings is 2. The molecule has 1 aliphatic carbocycles. The van der Waals surface area contributed by atoms with Crippen LogP contribution in [0.4, 0.5) is 0 Å². The topological polar surface area (TPSA) is 195 Å². The van der Waals surface area contributed by atoms with Gasteiger partial charge in [0.05, 0.1) is 17.7 Å². The Hall–Kier alpha value is -6.58. The van der Waals surface area contributed by atoms with Crippen LogP contribution in [0.25, 0.3) is 0 Å². The summed E-state index contributed by atoms with van der Waals surface area (Å²) in [5.74, 6) is -3.63. The van der Waals surface area contributed by atoms with Crippen LogP contribution in [-0.2, 0) is 47.6 Å². The summed E-state index contributed by atoms with van der Waals surface area (Å²) in [7, 11) is 0. The van der Waals surface area contributed by atoms with Crippen molar-refractivity contribution in [1.29, 1.82) is 0 Å². The Balaban J connectivity index is 1.50. The van der Waals surface area contributed by atoms with Gasteiger partial charge < -0.3 is 47.4 Å². The number of ether oxygens (including phenoxy) is 10. The van der Waals surface area contributed by atoms with Crippen molar-refractivity contribution in [3.63, 3.8) is 0 Å². The molecule has 16 heteroatoms. The first-order chi connectivity index (χ1) is 26.1. The van der Waals surface area contributed by atoms with Crippen LogP contribution in [0, 0.1) is 5.92 Å². The quantitative estimate of drug-likeness (QED) is 0.0680. The minimum Gasteiger partial charge on any atom is -0.462 e. The van der Waals surface area contributed by atoms with Gasteiger partial charge in [-0.15, -0.1) is 0 Å². The normalized spacial score (nSPS) is 14.4. The Morgan fingerprint density at radius 3 is 1.31 bits per heavy atom. The maximum Gasteiger partial charge on any atom is 0.338 e. The number of carbonyl (C=O) groups is 6. The zero-order valence-electron chi connectivity index (χ0n) is 29.4. The van der Waals surface area contributed by atoms with Gasteiger partial charge in [-0.3, -0.25) is 0 Å². The summed E-state index contributed by atoms with van der Waals surface area (Å²) in [6.45, 7) is 11.4. The zero-order chi connectivity index (χ0) is 39.3. The lowest BCUT2D eigenvalue weighted by Crippen LogP contribution is -2.25. The lowest BCUT2D eigenvalue weighted by Gasteiger charge is -2.28. The fraction of sp³-hybridized carbons (Fsp3) is 0.316. The van der Waals surface area contributed by atoms with E-state index in [1.165, 1.54) is 36.4 Å². The highest BCUT2D eigenvalue weighted by atomic mass is 16.7. The number of hydrogen-bond acceptors (Lipinski definition) is 16. The number of rotatable bonds is 22. The standard InChI is InChI=1S/C38H40O16/c1-5-33(39)50-21-46-29-15-11-26(19-31(29)48-23-52-35(41)7-3)37(43)45-18-17-25-9-13-28(14-10-25)54-38(44)27-12-16-30(47-22-51-34(40)6-2)32(20-27)49-24-53-36(42)8-4/h5-8,11-12,15-16,19-20,25,28H,1-4,9-10,13-14,17-18,21-24H2. The molecule has 0 bridgehead atoms. The van der Waals surface area contributed by atoms with Crippen molar-refractivity contribution < 1.29 is 76.1 Å². The molecule has 0 N–H and O–H groups in total. The molecule has 288 valence electrons. The molecule has 2 aromatic carbocycles. The Labute approximate surface area is 310 Å². The second-order valence-electron chi connectivity index (χ2n) is 11.0. The van der Waals surface area contributed by atoms with Crippen molar-refractivity contribution in [2.24, 2.45) is 5.92 Å². The first-order valence-corrected chi connectivity index (χ1v) is 16.4. The third-order valence-corrected chi connectivity index (χ3v) is 7.51. The minimum atomic E-state index is -0.727. The van der Waals surface area contributed by atoms with E-state index in [0.717, 1.165) is 37.1 Å². The number of hydrogen-bond donors (Lipinski definition) is 0. The highest BCUT2D eigenvalue weighted by Crippen LogP contribution is 2.32. The summed E-state index contributed by atoms with van der Waals surface area (Å²) < 4.78 is 52.2. The van der Waals surface area contributed by atoms with Crippen molar-refractivity contribution >= 4 is 35.8 Å². The molecule has 0 heterocycles. The van der Waals surface area contributed by atoms with E-state index in [2.05, 4.69) is 26.3 Å². The maximum absolute atomic E-state index is 13.0. The first kappa shape index (κ1) is 41.8. The molecule has 0 aliphatic heterocycles. The van der Waals surface area contributed by atoms with Gasteiger partial charge in [0, 0.05) is 24.3 Å². The molecule has 54 heavy (non-hydrogen) atoms. The first-order valence-electron chi connectivity index (χ1n) is 16.4. The van der Waals surface area contributed by atoms with Gasteiger partial charge in [0.1, 0.15) is 6.10 Å². The second-order valence-corrected chi connectivity index (χ2v) is 11.0. The maximum atomic E-state index is 13.0. The number of carbonyl (C=O) groups excluding carboxylic acids is 6. The summed E-state index contributed by atoms with van der Waals surface area (Å²) in [4.78, 5) is 71.3. The summed E-state index contributed by atoms with van der Waals surface area (Å²) in [6, 6.07) is 8.40. The van der Waals surface area contributed by atoms with Crippen LogP contribution in [0.2, 0.25) is 0 Å². The molecule has 1 aliphatic rings. The van der Waals surface area contributed by atoms with Gasteiger partial charge in [-0.1, -0.05) is 26.3 Å². The Morgan fingerprint density at radius 2 is 0.907 bits per heavy atom. The predicted molar refractivity (Wildman–Crippen MR) is 186 cm³/mol. The van der Waals surface area contributed by atoms with Gasteiger partial charge in [0.2, 0.25) is 27.2 Å². The molecule has 1 saturated carbocycles. The van der Waals surface area contributed by atoms with Gasteiger partial charge in [0.15, 0.2) is 23.0 Å². The molecule has 2 aromatic rings. The monoisotopic (exact) mass is 752 g/mol. The van der Waals surface area contributed by atoms with Crippen molar-refractivity contribution in [3.8, 4) is 23.0 Å². The molecular weight excluding hydrogens is 712 g/mol. The van der Waals surface area contributed by atoms with Gasteiger partial charge >= 0.3 is 35.8 Å². The van der Waals surface area contributed by atoms with Gasteiger partial charge in [0.25, 0.3) is 0 Å². The smallest absolute Gasteiger partial charge is 0.338 e. The van der Waals surface area contributed by atoms with Crippen LogP contribution >= 0.6 is 0 Å². The Bertz CT molecular complexity index is 1690. The van der Waals surface area contributed by atoms with E-state index < -0.39 is 63.0 Å². The van der Waals surface area contributed by atoms with Crippen LogP contribution in [0.5, 0.6) is 23.0 Å². The van der Waals surface area contributed by atoms with Crippen molar-refractivity contribution in [2.75, 3.05) is 33.8 Å². The molecule has 0 spiro atoms. The molecule has 0 aromatic heterocycles. The highest BCUT2D eigenvalue weighted by molar-refractivity contribution is 5.91. The summed E-state index contributed by atoms with van der Waals surface area (Å²) in [6.07, 6.45) is 6.68. The van der Waals surface area contributed by atoms with Crippen molar-refractivity contribution in [1.82, 2.24) is 0 Å². The molecule has 0 saturated heterocycles.